The van der Waals surface area contributed by atoms with Gasteiger partial charge in [-0.05, 0) is 36.6 Å². The number of anilines is 1. The molecule has 1 unspecified atom stereocenters. The standard InChI is InChI=1S/C21H28N2O3S/c1-3-5-11-17(4-2)21(24)22-16-18-12-9-10-15-20(18)23-27(25,26)19-13-7-6-8-14-19/h6-10,12-15,17,23H,3-5,11,16H2,1-2H3,(H,22,24). The second kappa shape index (κ2) is 10.1. The van der Waals surface area contributed by atoms with Crippen molar-refractivity contribution in [1.82, 2.24) is 5.32 Å². The van der Waals surface area contributed by atoms with E-state index < -0.39 is 10.0 Å². The Morgan fingerprint density at radius 3 is 2.33 bits per heavy atom. The number of sulfonamides is 1. The molecule has 146 valence electrons. The van der Waals surface area contributed by atoms with Crippen LogP contribution in [0.15, 0.2) is 59.5 Å². The smallest absolute Gasteiger partial charge is 0.261 e. The van der Waals surface area contributed by atoms with Gasteiger partial charge in [0.25, 0.3) is 10.0 Å². The van der Waals surface area contributed by atoms with E-state index in [9.17, 15) is 13.2 Å². The lowest BCUT2D eigenvalue weighted by Crippen LogP contribution is -2.30. The SMILES string of the molecule is CCCCC(CC)C(=O)NCc1ccccc1NS(=O)(=O)c1ccccc1. The van der Waals surface area contributed by atoms with Crippen LogP contribution in [0.25, 0.3) is 0 Å². The molecule has 2 aromatic carbocycles. The molecular formula is C21H28N2O3S. The summed E-state index contributed by atoms with van der Waals surface area (Å²) in [7, 11) is -3.67. The molecule has 1 amide bonds. The van der Waals surface area contributed by atoms with E-state index in [0.717, 1.165) is 31.2 Å². The van der Waals surface area contributed by atoms with Gasteiger partial charge in [-0.15, -0.1) is 0 Å². The van der Waals surface area contributed by atoms with Crippen LogP contribution in [-0.2, 0) is 21.4 Å². The van der Waals surface area contributed by atoms with Crippen molar-refractivity contribution in [3.63, 3.8) is 0 Å². The molecule has 0 aromatic heterocycles. The summed E-state index contributed by atoms with van der Waals surface area (Å²) in [6.07, 6.45) is 3.77. The van der Waals surface area contributed by atoms with E-state index in [0.29, 0.717) is 5.69 Å². The fourth-order valence-electron chi connectivity index (χ4n) is 2.88. The number of hydrogen-bond acceptors (Lipinski definition) is 3. The van der Waals surface area contributed by atoms with E-state index >= 15 is 0 Å². The summed E-state index contributed by atoms with van der Waals surface area (Å²) >= 11 is 0. The van der Waals surface area contributed by atoms with Crippen molar-refractivity contribution in [2.45, 2.75) is 51.0 Å². The molecule has 0 spiro atoms. The van der Waals surface area contributed by atoms with Crippen LogP contribution in [0.2, 0.25) is 0 Å². The Morgan fingerprint density at radius 2 is 1.67 bits per heavy atom. The lowest BCUT2D eigenvalue weighted by atomic mass is 9.98. The first-order valence-corrected chi connectivity index (χ1v) is 10.9. The molecular weight excluding hydrogens is 360 g/mol. The van der Waals surface area contributed by atoms with Gasteiger partial charge >= 0.3 is 0 Å². The van der Waals surface area contributed by atoms with Crippen molar-refractivity contribution < 1.29 is 13.2 Å². The monoisotopic (exact) mass is 388 g/mol. The maximum atomic E-state index is 12.6. The first-order valence-electron chi connectivity index (χ1n) is 9.41. The number of unbranched alkanes of at least 4 members (excludes halogenated alkanes) is 1. The molecule has 0 saturated heterocycles. The van der Waals surface area contributed by atoms with Gasteiger partial charge in [0.15, 0.2) is 0 Å². The summed E-state index contributed by atoms with van der Waals surface area (Å²) in [5, 5.41) is 2.95. The summed E-state index contributed by atoms with van der Waals surface area (Å²) in [5.41, 5.74) is 1.21. The lowest BCUT2D eigenvalue weighted by molar-refractivity contribution is -0.125. The number of para-hydroxylation sites is 1. The summed E-state index contributed by atoms with van der Waals surface area (Å²) in [6, 6.07) is 15.3. The van der Waals surface area contributed by atoms with Gasteiger partial charge in [-0.3, -0.25) is 9.52 Å². The maximum absolute atomic E-state index is 12.6. The topological polar surface area (TPSA) is 75.3 Å². The molecule has 2 N–H and O–H groups in total. The lowest BCUT2D eigenvalue weighted by Gasteiger charge is -2.16. The molecule has 0 bridgehead atoms. The molecule has 27 heavy (non-hydrogen) atoms. The highest BCUT2D eigenvalue weighted by Gasteiger charge is 2.18. The number of carbonyl (C=O) groups is 1. The van der Waals surface area contributed by atoms with E-state index in [1.807, 2.05) is 19.1 Å². The quantitative estimate of drug-likeness (QED) is 0.636. The van der Waals surface area contributed by atoms with Crippen LogP contribution in [0.1, 0.15) is 45.1 Å². The Kier molecular flexibility index (Phi) is 7.85. The molecule has 0 aliphatic heterocycles. The number of carbonyl (C=O) groups excluding carboxylic acids is 1. The zero-order valence-electron chi connectivity index (χ0n) is 15.9. The van der Waals surface area contributed by atoms with E-state index in [2.05, 4.69) is 17.0 Å². The molecule has 0 radical (unpaired) electrons. The van der Waals surface area contributed by atoms with Crippen molar-refractivity contribution in [3.05, 3.63) is 60.2 Å². The highest BCUT2D eigenvalue weighted by molar-refractivity contribution is 7.92. The second-order valence-electron chi connectivity index (χ2n) is 6.54. The first kappa shape index (κ1) is 21.0. The molecule has 0 fully saturated rings. The number of rotatable bonds is 10. The number of amides is 1. The largest absolute Gasteiger partial charge is 0.352 e. The highest BCUT2D eigenvalue weighted by atomic mass is 32.2. The van der Waals surface area contributed by atoms with E-state index in [1.165, 1.54) is 0 Å². The third-order valence-corrected chi connectivity index (χ3v) is 5.92. The van der Waals surface area contributed by atoms with Crippen LogP contribution < -0.4 is 10.0 Å². The predicted octanol–water partition coefficient (Wildman–Crippen LogP) is 4.32. The van der Waals surface area contributed by atoms with Gasteiger partial charge in [0.05, 0.1) is 10.6 Å². The van der Waals surface area contributed by atoms with Crippen LogP contribution in [0.5, 0.6) is 0 Å². The summed E-state index contributed by atoms with van der Waals surface area (Å²) in [6.45, 7) is 4.41. The first-order chi connectivity index (χ1) is 13.0. The van der Waals surface area contributed by atoms with Crippen LogP contribution in [-0.4, -0.2) is 14.3 Å². The molecule has 0 heterocycles. The second-order valence-corrected chi connectivity index (χ2v) is 8.22. The van der Waals surface area contributed by atoms with Crippen molar-refractivity contribution in [2.24, 2.45) is 5.92 Å². The van der Waals surface area contributed by atoms with Crippen molar-refractivity contribution >= 4 is 21.6 Å². The number of benzene rings is 2. The minimum Gasteiger partial charge on any atom is -0.352 e. The maximum Gasteiger partial charge on any atom is 0.261 e. The summed E-state index contributed by atoms with van der Waals surface area (Å²) < 4.78 is 27.8. The van der Waals surface area contributed by atoms with Crippen LogP contribution in [0.3, 0.4) is 0 Å². The van der Waals surface area contributed by atoms with Gasteiger partial charge in [-0.1, -0.05) is 63.1 Å². The van der Waals surface area contributed by atoms with E-state index in [-0.39, 0.29) is 23.3 Å². The molecule has 6 heteroatoms. The van der Waals surface area contributed by atoms with E-state index in [4.69, 9.17) is 0 Å². The van der Waals surface area contributed by atoms with Crippen molar-refractivity contribution in [2.75, 3.05) is 4.72 Å². The Morgan fingerprint density at radius 1 is 1.00 bits per heavy atom. The van der Waals surface area contributed by atoms with Crippen molar-refractivity contribution in [1.29, 1.82) is 0 Å². The van der Waals surface area contributed by atoms with Gasteiger partial charge in [0.2, 0.25) is 5.91 Å². The minimum atomic E-state index is -3.67. The normalized spacial score (nSPS) is 12.4. The summed E-state index contributed by atoms with van der Waals surface area (Å²) in [5.74, 6) is 0.0183. The number of hydrogen-bond donors (Lipinski definition) is 2. The molecule has 0 aliphatic carbocycles. The highest BCUT2D eigenvalue weighted by Crippen LogP contribution is 2.20. The van der Waals surface area contributed by atoms with Crippen molar-refractivity contribution in [3.8, 4) is 0 Å². The fourth-order valence-corrected chi connectivity index (χ4v) is 4.00. The third-order valence-electron chi connectivity index (χ3n) is 4.54. The predicted molar refractivity (Wildman–Crippen MR) is 109 cm³/mol. The average molecular weight is 389 g/mol. The van der Waals surface area contributed by atoms with Gasteiger partial charge in [-0.2, -0.15) is 0 Å². The molecule has 2 aromatic rings. The van der Waals surface area contributed by atoms with Gasteiger partial charge in [0.1, 0.15) is 0 Å². The molecule has 0 aliphatic rings. The molecule has 2 rings (SSSR count). The van der Waals surface area contributed by atoms with Gasteiger partial charge < -0.3 is 5.32 Å². The zero-order valence-corrected chi connectivity index (χ0v) is 16.8. The zero-order chi connectivity index (χ0) is 19.7. The number of nitrogens with one attached hydrogen (secondary N) is 2. The van der Waals surface area contributed by atoms with E-state index in [1.54, 1.807) is 42.5 Å². The molecule has 5 nitrogen and oxygen atoms in total. The molecule has 1 atom stereocenters. The third kappa shape index (κ3) is 6.10. The van der Waals surface area contributed by atoms with Crippen LogP contribution >= 0.6 is 0 Å². The Balaban J connectivity index is 2.08. The van der Waals surface area contributed by atoms with Crippen LogP contribution in [0.4, 0.5) is 5.69 Å². The Labute approximate surface area is 162 Å². The molecule has 0 saturated carbocycles. The van der Waals surface area contributed by atoms with Gasteiger partial charge in [0, 0.05) is 12.5 Å². The Bertz CT molecular complexity index is 836. The van der Waals surface area contributed by atoms with Gasteiger partial charge in [-0.25, -0.2) is 8.42 Å². The minimum absolute atomic E-state index is 0.00174. The Hall–Kier alpha value is -2.34. The van der Waals surface area contributed by atoms with Crippen LogP contribution in [0, 0.1) is 5.92 Å². The summed E-state index contributed by atoms with van der Waals surface area (Å²) in [4.78, 5) is 12.6. The fraction of sp³-hybridized carbons (Fsp3) is 0.381. The average Bonchev–Trinajstić information content (AvgIpc) is 2.68.